The standard InChI is InChI=1S/C11H7BrN2/c12-10-7-13-14-6-5-8-3-1-2-4-9(8)11(10)14/h1-7H. The molecule has 0 spiro atoms. The van der Waals surface area contributed by atoms with E-state index in [1.165, 1.54) is 10.8 Å². The highest BCUT2D eigenvalue weighted by atomic mass is 79.9. The van der Waals surface area contributed by atoms with E-state index in [9.17, 15) is 0 Å². The van der Waals surface area contributed by atoms with Crippen LogP contribution in [0.3, 0.4) is 0 Å². The van der Waals surface area contributed by atoms with Crippen molar-refractivity contribution in [2.45, 2.75) is 0 Å². The predicted octanol–water partition coefficient (Wildman–Crippen LogP) is 3.25. The smallest absolute Gasteiger partial charge is 0.0882 e. The average Bonchev–Trinajstić information content (AvgIpc) is 2.61. The summed E-state index contributed by atoms with van der Waals surface area (Å²) < 4.78 is 2.92. The first-order valence-electron chi connectivity index (χ1n) is 4.37. The number of nitrogens with zero attached hydrogens (tertiary/aromatic N) is 2. The number of rotatable bonds is 0. The van der Waals surface area contributed by atoms with E-state index < -0.39 is 0 Å². The minimum atomic E-state index is 1.04. The van der Waals surface area contributed by atoms with E-state index in [1.807, 2.05) is 29.0 Å². The molecule has 2 nitrogen and oxygen atoms in total. The second-order valence-electron chi connectivity index (χ2n) is 3.19. The summed E-state index contributed by atoms with van der Waals surface area (Å²) in [4.78, 5) is 0. The molecular formula is C11H7BrN2. The summed E-state index contributed by atoms with van der Waals surface area (Å²) in [6, 6.07) is 10.4. The minimum Gasteiger partial charge on any atom is -0.239 e. The number of fused-ring (bicyclic) bond motifs is 3. The van der Waals surface area contributed by atoms with Gasteiger partial charge in [0.25, 0.3) is 0 Å². The Balaban J connectivity index is 2.65. The lowest BCUT2D eigenvalue weighted by Gasteiger charge is -2.00. The fraction of sp³-hybridized carbons (Fsp3) is 0. The van der Waals surface area contributed by atoms with Gasteiger partial charge in [-0.25, -0.2) is 4.52 Å². The van der Waals surface area contributed by atoms with Gasteiger partial charge in [-0.3, -0.25) is 0 Å². The van der Waals surface area contributed by atoms with Gasteiger partial charge in [0.2, 0.25) is 0 Å². The third-order valence-corrected chi connectivity index (χ3v) is 2.94. The Hall–Kier alpha value is -1.35. The van der Waals surface area contributed by atoms with Crippen LogP contribution in [-0.2, 0) is 0 Å². The van der Waals surface area contributed by atoms with Gasteiger partial charge in [-0.2, -0.15) is 5.10 Å². The van der Waals surface area contributed by atoms with Crippen LogP contribution in [0, 0.1) is 0 Å². The molecule has 1 aromatic carbocycles. The number of benzene rings is 1. The van der Waals surface area contributed by atoms with E-state index in [-0.39, 0.29) is 0 Å². The molecule has 0 aliphatic heterocycles. The lowest BCUT2D eigenvalue weighted by Crippen LogP contribution is -1.86. The van der Waals surface area contributed by atoms with Gasteiger partial charge in [0, 0.05) is 11.6 Å². The van der Waals surface area contributed by atoms with Crippen molar-refractivity contribution in [1.29, 1.82) is 0 Å². The molecule has 0 N–H and O–H groups in total. The molecule has 2 heterocycles. The van der Waals surface area contributed by atoms with Gasteiger partial charge in [-0.15, -0.1) is 0 Å². The van der Waals surface area contributed by atoms with E-state index in [4.69, 9.17) is 0 Å². The maximum absolute atomic E-state index is 4.24. The maximum Gasteiger partial charge on any atom is 0.0882 e. The molecule has 0 aliphatic rings. The molecular weight excluding hydrogens is 240 g/mol. The molecule has 3 heteroatoms. The molecule has 0 unspecified atom stereocenters. The van der Waals surface area contributed by atoms with E-state index in [0.29, 0.717) is 0 Å². The van der Waals surface area contributed by atoms with Gasteiger partial charge in [0.15, 0.2) is 0 Å². The SMILES string of the molecule is Brc1cnn2ccc3ccccc3c12. The van der Waals surface area contributed by atoms with Crippen molar-refractivity contribution in [2.24, 2.45) is 0 Å². The predicted molar refractivity (Wildman–Crippen MR) is 60.4 cm³/mol. The summed E-state index contributed by atoms with van der Waals surface area (Å²) in [5, 5.41) is 6.70. The summed E-state index contributed by atoms with van der Waals surface area (Å²) in [6.07, 6.45) is 3.80. The van der Waals surface area contributed by atoms with Gasteiger partial charge in [0.1, 0.15) is 0 Å². The van der Waals surface area contributed by atoms with Crippen LogP contribution in [0.1, 0.15) is 0 Å². The third kappa shape index (κ3) is 0.990. The quantitative estimate of drug-likeness (QED) is 0.596. The molecule has 3 rings (SSSR count). The van der Waals surface area contributed by atoms with Crippen molar-refractivity contribution in [1.82, 2.24) is 9.61 Å². The summed E-state index contributed by atoms with van der Waals surface area (Å²) in [5.74, 6) is 0. The molecule has 0 saturated carbocycles. The highest BCUT2D eigenvalue weighted by Gasteiger charge is 2.04. The lowest BCUT2D eigenvalue weighted by molar-refractivity contribution is 0.967. The summed E-state index contributed by atoms with van der Waals surface area (Å²) >= 11 is 3.50. The van der Waals surface area contributed by atoms with E-state index in [1.54, 1.807) is 0 Å². The first-order valence-corrected chi connectivity index (χ1v) is 5.16. The molecule has 3 aromatic rings. The topological polar surface area (TPSA) is 17.3 Å². The molecule has 0 amide bonds. The monoisotopic (exact) mass is 246 g/mol. The van der Waals surface area contributed by atoms with Crippen LogP contribution in [0.25, 0.3) is 16.3 Å². The summed E-state index contributed by atoms with van der Waals surface area (Å²) in [6.45, 7) is 0. The van der Waals surface area contributed by atoms with Crippen LogP contribution in [0.2, 0.25) is 0 Å². The zero-order chi connectivity index (χ0) is 9.54. The minimum absolute atomic E-state index is 1.04. The zero-order valence-electron chi connectivity index (χ0n) is 7.31. The third-order valence-electron chi connectivity index (χ3n) is 2.36. The van der Waals surface area contributed by atoms with Crippen molar-refractivity contribution in [3.8, 4) is 0 Å². The lowest BCUT2D eigenvalue weighted by atomic mass is 10.1. The van der Waals surface area contributed by atoms with Crippen molar-refractivity contribution in [2.75, 3.05) is 0 Å². The fourth-order valence-electron chi connectivity index (χ4n) is 1.72. The van der Waals surface area contributed by atoms with Gasteiger partial charge < -0.3 is 0 Å². The number of aromatic nitrogens is 2. The maximum atomic E-state index is 4.24. The Morgan fingerprint density at radius 1 is 1.14 bits per heavy atom. The highest BCUT2D eigenvalue weighted by molar-refractivity contribution is 9.10. The van der Waals surface area contributed by atoms with Gasteiger partial charge in [-0.05, 0) is 27.4 Å². The number of hydrogen-bond acceptors (Lipinski definition) is 1. The van der Waals surface area contributed by atoms with Gasteiger partial charge in [0.05, 0.1) is 16.2 Å². The van der Waals surface area contributed by atoms with Crippen LogP contribution in [0.4, 0.5) is 0 Å². The first kappa shape index (κ1) is 8.00. The molecule has 0 fully saturated rings. The Morgan fingerprint density at radius 2 is 2.00 bits per heavy atom. The van der Waals surface area contributed by atoms with E-state index >= 15 is 0 Å². The number of halogens is 1. The van der Waals surface area contributed by atoms with Crippen LogP contribution in [0.15, 0.2) is 47.2 Å². The summed E-state index contributed by atoms with van der Waals surface area (Å²) in [7, 11) is 0. The van der Waals surface area contributed by atoms with Crippen molar-refractivity contribution in [3.05, 3.63) is 47.2 Å². The van der Waals surface area contributed by atoms with Gasteiger partial charge in [-0.1, -0.05) is 24.3 Å². The Morgan fingerprint density at radius 3 is 2.93 bits per heavy atom. The van der Waals surface area contributed by atoms with Crippen molar-refractivity contribution in [3.63, 3.8) is 0 Å². The largest absolute Gasteiger partial charge is 0.239 e. The Kier molecular flexibility index (Phi) is 1.61. The second-order valence-corrected chi connectivity index (χ2v) is 4.04. The van der Waals surface area contributed by atoms with Crippen LogP contribution >= 0.6 is 15.9 Å². The highest BCUT2D eigenvalue weighted by Crippen LogP contribution is 2.25. The van der Waals surface area contributed by atoms with Crippen molar-refractivity contribution >= 4 is 32.2 Å². The fourth-order valence-corrected chi connectivity index (χ4v) is 2.20. The van der Waals surface area contributed by atoms with Crippen LogP contribution < -0.4 is 0 Å². The average molecular weight is 247 g/mol. The van der Waals surface area contributed by atoms with Crippen LogP contribution in [-0.4, -0.2) is 9.61 Å². The first-order chi connectivity index (χ1) is 6.86. The zero-order valence-corrected chi connectivity index (χ0v) is 8.90. The van der Waals surface area contributed by atoms with Crippen LogP contribution in [0.5, 0.6) is 0 Å². The Labute approximate surface area is 89.3 Å². The Bertz CT molecular complexity index is 613. The number of pyridine rings is 1. The molecule has 0 saturated heterocycles. The second kappa shape index (κ2) is 2.82. The molecule has 68 valence electrons. The molecule has 0 bridgehead atoms. The van der Waals surface area contributed by atoms with E-state index in [0.717, 1.165) is 9.99 Å². The number of hydrogen-bond donors (Lipinski definition) is 0. The van der Waals surface area contributed by atoms with Gasteiger partial charge >= 0.3 is 0 Å². The normalized spacial score (nSPS) is 11.2. The molecule has 0 atom stereocenters. The molecule has 0 radical (unpaired) electrons. The molecule has 14 heavy (non-hydrogen) atoms. The molecule has 2 aromatic heterocycles. The van der Waals surface area contributed by atoms with E-state index in [2.05, 4.69) is 39.2 Å². The van der Waals surface area contributed by atoms with Crippen molar-refractivity contribution < 1.29 is 0 Å². The molecule has 0 aliphatic carbocycles. The summed E-state index contributed by atoms with van der Waals surface area (Å²) in [5.41, 5.74) is 1.13.